The Morgan fingerprint density at radius 3 is 2.51 bits per heavy atom. The highest BCUT2D eigenvalue weighted by molar-refractivity contribution is 8.27. The Labute approximate surface area is 216 Å². The highest BCUT2D eigenvalue weighted by Gasteiger charge is 2.35. The van der Waals surface area contributed by atoms with E-state index in [0.717, 1.165) is 18.4 Å². The third-order valence-corrected chi connectivity index (χ3v) is 6.89. The molecule has 0 radical (unpaired) electrons. The van der Waals surface area contributed by atoms with Crippen LogP contribution in [0.3, 0.4) is 0 Å². The van der Waals surface area contributed by atoms with Gasteiger partial charge in [0.2, 0.25) is 0 Å². The van der Waals surface area contributed by atoms with Gasteiger partial charge in [0, 0.05) is 0 Å². The van der Waals surface area contributed by atoms with Crippen molar-refractivity contribution in [2.45, 2.75) is 45.4 Å². The highest BCUT2D eigenvalue weighted by atomic mass is 32.2. The smallest absolute Gasteiger partial charge is 0.339 e. The van der Waals surface area contributed by atoms with Crippen LogP contribution >= 0.6 is 24.0 Å². The first kappa shape index (κ1) is 26.8. The lowest BCUT2D eigenvalue weighted by Gasteiger charge is -2.17. The number of esters is 1. The van der Waals surface area contributed by atoms with Gasteiger partial charge in [-0.3, -0.25) is 9.69 Å². The molecule has 186 valence electrons. The lowest BCUT2D eigenvalue weighted by molar-refractivity contribution is -0.113. The van der Waals surface area contributed by atoms with E-state index in [1.54, 1.807) is 37.5 Å². The molecule has 1 saturated heterocycles. The number of amides is 1. The Kier molecular flexibility index (Phi) is 10.2. The monoisotopic (exact) mass is 513 g/mol. The maximum Gasteiger partial charge on any atom is 0.339 e. The van der Waals surface area contributed by atoms with Crippen LogP contribution in [0.1, 0.15) is 61.4 Å². The van der Waals surface area contributed by atoms with E-state index in [2.05, 4.69) is 6.92 Å². The summed E-state index contributed by atoms with van der Waals surface area (Å²) in [5.74, 6) is 0.465. The topological polar surface area (TPSA) is 65.1 Å². The Bertz CT molecular complexity index is 1100. The van der Waals surface area contributed by atoms with Crippen molar-refractivity contribution in [2.24, 2.45) is 0 Å². The molecule has 0 spiro atoms. The third-order valence-electron chi connectivity index (χ3n) is 5.58. The van der Waals surface area contributed by atoms with Crippen LogP contribution in [0.25, 0.3) is 6.08 Å². The van der Waals surface area contributed by atoms with Crippen LogP contribution in [0.4, 0.5) is 5.69 Å². The van der Waals surface area contributed by atoms with Crippen molar-refractivity contribution in [1.29, 1.82) is 0 Å². The number of para-hydroxylation sites is 1. The number of methoxy groups -OCH3 is 2. The number of thiocarbonyl (C=S) groups is 1. The summed E-state index contributed by atoms with van der Waals surface area (Å²) in [5, 5.41) is 0. The normalized spacial score (nSPS) is 14.5. The zero-order valence-corrected chi connectivity index (χ0v) is 22.0. The second-order valence-corrected chi connectivity index (χ2v) is 9.73. The number of thioether (sulfide) groups is 1. The summed E-state index contributed by atoms with van der Waals surface area (Å²) in [6, 6.07) is 12.3. The fraction of sp³-hybridized carbons (Fsp3) is 0.370. The van der Waals surface area contributed by atoms with Gasteiger partial charge >= 0.3 is 5.97 Å². The molecule has 0 aliphatic carbocycles. The molecule has 6 nitrogen and oxygen atoms in total. The van der Waals surface area contributed by atoms with Gasteiger partial charge in [0.05, 0.1) is 37.0 Å². The minimum atomic E-state index is -0.528. The number of hydrogen-bond acceptors (Lipinski definition) is 7. The molecule has 0 aromatic heterocycles. The molecule has 0 N–H and O–H groups in total. The van der Waals surface area contributed by atoms with E-state index >= 15 is 0 Å². The minimum Gasteiger partial charge on any atom is -0.493 e. The Morgan fingerprint density at radius 2 is 1.77 bits per heavy atom. The first-order chi connectivity index (χ1) is 17.0. The Balaban J connectivity index is 1.71. The first-order valence-electron chi connectivity index (χ1n) is 11.8. The van der Waals surface area contributed by atoms with Crippen molar-refractivity contribution in [1.82, 2.24) is 0 Å². The number of anilines is 1. The molecule has 0 atom stereocenters. The van der Waals surface area contributed by atoms with Gasteiger partial charge in [0.25, 0.3) is 5.91 Å². The van der Waals surface area contributed by atoms with E-state index in [0.29, 0.717) is 33.0 Å². The second kappa shape index (κ2) is 13.3. The predicted molar refractivity (Wildman–Crippen MR) is 145 cm³/mol. The molecule has 1 amide bonds. The SMILES string of the molecule is CCCCCCCCOc1ccc(/C=C2\SC(=S)N(c3ccccc3C(=O)OC)C2=O)cc1OC. The van der Waals surface area contributed by atoms with E-state index in [9.17, 15) is 9.59 Å². The first-order valence-corrected chi connectivity index (χ1v) is 13.0. The Morgan fingerprint density at radius 1 is 1.03 bits per heavy atom. The van der Waals surface area contributed by atoms with E-state index in [-0.39, 0.29) is 11.5 Å². The van der Waals surface area contributed by atoms with Crippen LogP contribution in [-0.2, 0) is 9.53 Å². The largest absolute Gasteiger partial charge is 0.493 e. The fourth-order valence-electron chi connectivity index (χ4n) is 3.74. The molecule has 1 heterocycles. The molecule has 35 heavy (non-hydrogen) atoms. The number of hydrogen-bond donors (Lipinski definition) is 0. The Hall–Kier alpha value is -2.84. The lowest BCUT2D eigenvalue weighted by Crippen LogP contribution is -2.29. The van der Waals surface area contributed by atoms with Crippen molar-refractivity contribution in [3.05, 3.63) is 58.5 Å². The van der Waals surface area contributed by atoms with Gasteiger partial charge in [-0.15, -0.1) is 0 Å². The average Bonchev–Trinajstić information content (AvgIpc) is 3.15. The van der Waals surface area contributed by atoms with Gasteiger partial charge in [0.15, 0.2) is 15.8 Å². The predicted octanol–water partition coefficient (Wildman–Crippen LogP) is 6.63. The van der Waals surface area contributed by atoms with E-state index in [1.807, 2.05) is 18.2 Å². The molecule has 1 fully saturated rings. The van der Waals surface area contributed by atoms with Gasteiger partial charge in [-0.2, -0.15) is 0 Å². The fourth-order valence-corrected chi connectivity index (χ4v) is 5.02. The molecular formula is C27H31NO5S2. The number of nitrogens with zero attached hydrogens (tertiary/aromatic N) is 1. The number of ether oxygens (including phenoxy) is 3. The van der Waals surface area contributed by atoms with Crippen molar-refractivity contribution < 1.29 is 23.8 Å². The molecule has 1 aliphatic rings. The lowest BCUT2D eigenvalue weighted by atomic mass is 10.1. The summed E-state index contributed by atoms with van der Waals surface area (Å²) in [4.78, 5) is 27.2. The van der Waals surface area contributed by atoms with Gasteiger partial charge in [0.1, 0.15) is 0 Å². The van der Waals surface area contributed by atoms with Crippen LogP contribution in [0.15, 0.2) is 47.4 Å². The zero-order valence-electron chi connectivity index (χ0n) is 20.4. The molecule has 8 heteroatoms. The summed E-state index contributed by atoms with van der Waals surface area (Å²) in [6.07, 6.45) is 8.95. The zero-order chi connectivity index (χ0) is 25.2. The number of rotatable bonds is 12. The van der Waals surface area contributed by atoms with E-state index in [4.69, 9.17) is 26.4 Å². The molecule has 0 unspecified atom stereocenters. The van der Waals surface area contributed by atoms with Crippen molar-refractivity contribution in [3.63, 3.8) is 0 Å². The summed E-state index contributed by atoms with van der Waals surface area (Å²) in [6.45, 7) is 2.85. The van der Waals surface area contributed by atoms with Crippen LogP contribution in [0.2, 0.25) is 0 Å². The average molecular weight is 514 g/mol. The number of benzene rings is 2. The molecule has 2 aromatic carbocycles. The third kappa shape index (κ3) is 6.86. The number of unbranched alkanes of at least 4 members (excludes halogenated alkanes) is 5. The number of carbonyl (C=O) groups excluding carboxylic acids is 2. The quantitative estimate of drug-likeness (QED) is 0.137. The van der Waals surface area contributed by atoms with Gasteiger partial charge in [-0.1, -0.05) is 81.2 Å². The molecule has 0 saturated carbocycles. The van der Waals surface area contributed by atoms with Gasteiger partial charge in [-0.05, 0) is 42.3 Å². The van der Waals surface area contributed by atoms with Crippen molar-refractivity contribution in [3.8, 4) is 11.5 Å². The minimum absolute atomic E-state index is 0.279. The van der Waals surface area contributed by atoms with E-state index in [1.165, 1.54) is 49.5 Å². The number of carbonyl (C=O) groups is 2. The van der Waals surface area contributed by atoms with Crippen LogP contribution in [0, 0.1) is 0 Å². The molecular weight excluding hydrogens is 482 g/mol. The van der Waals surface area contributed by atoms with Crippen molar-refractivity contribution in [2.75, 3.05) is 25.7 Å². The standard InChI is InChI=1S/C27H31NO5S2/c1-4-5-6-7-8-11-16-33-22-15-14-19(17-23(22)31-2)18-24-25(29)28(27(34)35-24)21-13-10-9-12-20(21)26(30)32-3/h9-10,12-15,17-18H,4-8,11,16H2,1-3H3/b24-18-. The van der Waals surface area contributed by atoms with Gasteiger partial charge < -0.3 is 14.2 Å². The highest BCUT2D eigenvalue weighted by Crippen LogP contribution is 2.38. The summed E-state index contributed by atoms with van der Waals surface area (Å²) < 4.78 is 16.7. The van der Waals surface area contributed by atoms with Crippen molar-refractivity contribution >= 4 is 51.9 Å². The summed E-state index contributed by atoms with van der Waals surface area (Å²) in [5.41, 5.74) is 1.47. The molecule has 0 bridgehead atoms. The summed E-state index contributed by atoms with van der Waals surface area (Å²) in [7, 11) is 2.90. The maximum absolute atomic E-state index is 13.2. The second-order valence-electron chi connectivity index (χ2n) is 8.05. The van der Waals surface area contributed by atoms with Crippen LogP contribution in [0.5, 0.6) is 11.5 Å². The van der Waals surface area contributed by atoms with Crippen LogP contribution < -0.4 is 14.4 Å². The van der Waals surface area contributed by atoms with E-state index < -0.39 is 5.97 Å². The maximum atomic E-state index is 13.2. The molecule has 3 rings (SSSR count). The van der Waals surface area contributed by atoms with Crippen LogP contribution in [-0.4, -0.2) is 37.0 Å². The summed E-state index contributed by atoms with van der Waals surface area (Å²) >= 11 is 6.65. The molecule has 1 aliphatic heterocycles. The van der Waals surface area contributed by atoms with Gasteiger partial charge in [-0.25, -0.2) is 4.79 Å². The molecule has 2 aromatic rings.